The van der Waals surface area contributed by atoms with Gasteiger partial charge in [-0.05, 0) is 29.3 Å². The summed E-state index contributed by atoms with van der Waals surface area (Å²) in [4.78, 5) is 11.5. The van der Waals surface area contributed by atoms with E-state index in [0.29, 0.717) is 24.2 Å². The van der Waals surface area contributed by atoms with Gasteiger partial charge < -0.3 is 10.3 Å². The molecule has 0 aliphatic rings. The van der Waals surface area contributed by atoms with E-state index in [1.165, 1.54) is 28.8 Å². The molecule has 0 saturated heterocycles. The van der Waals surface area contributed by atoms with Crippen LogP contribution in [0.3, 0.4) is 0 Å². The van der Waals surface area contributed by atoms with Gasteiger partial charge in [-0.1, -0.05) is 0 Å². The Balaban J connectivity index is 2.50. The maximum absolute atomic E-state index is 13.1. The van der Waals surface area contributed by atoms with Crippen molar-refractivity contribution in [3.8, 4) is 11.1 Å². The van der Waals surface area contributed by atoms with E-state index >= 15 is 0 Å². The van der Waals surface area contributed by atoms with Crippen LogP contribution in [0, 0.1) is 11.6 Å². The van der Waals surface area contributed by atoms with Crippen molar-refractivity contribution in [3.05, 3.63) is 58.5 Å². The summed E-state index contributed by atoms with van der Waals surface area (Å²) in [7, 11) is 0. The zero-order valence-corrected chi connectivity index (χ0v) is 9.57. The molecule has 1 aromatic carbocycles. The van der Waals surface area contributed by atoms with Crippen molar-refractivity contribution in [1.82, 2.24) is 4.57 Å². The van der Waals surface area contributed by atoms with E-state index in [0.717, 1.165) is 6.07 Å². The van der Waals surface area contributed by atoms with Gasteiger partial charge in [-0.2, -0.15) is 0 Å². The van der Waals surface area contributed by atoms with Crippen molar-refractivity contribution in [2.75, 3.05) is 6.54 Å². The Morgan fingerprint density at radius 3 is 2.33 bits per heavy atom. The van der Waals surface area contributed by atoms with Crippen LogP contribution in [0.2, 0.25) is 0 Å². The van der Waals surface area contributed by atoms with Gasteiger partial charge in [0.2, 0.25) is 0 Å². The van der Waals surface area contributed by atoms with Crippen molar-refractivity contribution in [2.45, 2.75) is 6.54 Å². The molecule has 1 aromatic heterocycles. The SMILES string of the molecule is NCCn1cc(-c2cc(F)cc(F)c2)ccc1=O. The molecule has 0 radical (unpaired) electrons. The fourth-order valence-electron chi connectivity index (χ4n) is 1.74. The second-order valence-corrected chi connectivity index (χ2v) is 3.90. The van der Waals surface area contributed by atoms with Crippen molar-refractivity contribution in [2.24, 2.45) is 5.73 Å². The molecule has 0 fully saturated rings. The standard InChI is InChI=1S/C13H12F2N2O/c14-11-5-10(6-12(15)7-11)9-1-2-13(18)17(8-9)4-3-16/h1-2,5-8H,3-4,16H2. The third-order valence-corrected chi connectivity index (χ3v) is 2.55. The predicted octanol–water partition coefficient (Wildman–Crippen LogP) is 1.75. The summed E-state index contributed by atoms with van der Waals surface area (Å²) in [6.07, 6.45) is 1.55. The first-order chi connectivity index (χ1) is 8.60. The second kappa shape index (κ2) is 5.10. The van der Waals surface area contributed by atoms with E-state index in [2.05, 4.69) is 0 Å². The lowest BCUT2D eigenvalue weighted by Crippen LogP contribution is -2.22. The minimum Gasteiger partial charge on any atom is -0.329 e. The zero-order chi connectivity index (χ0) is 13.1. The average Bonchev–Trinajstić information content (AvgIpc) is 2.31. The molecule has 0 amide bonds. The molecule has 3 nitrogen and oxygen atoms in total. The van der Waals surface area contributed by atoms with Crippen molar-refractivity contribution in [1.29, 1.82) is 0 Å². The molecule has 0 bridgehead atoms. The highest BCUT2D eigenvalue weighted by molar-refractivity contribution is 5.62. The average molecular weight is 250 g/mol. The second-order valence-electron chi connectivity index (χ2n) is 3.90. The van der Waals surface area contributed by atoms with E-state index in [1.54, 1.807) is 6.20 Å². The summed E-state index contributed by atoms with van der Waals surface area (Å²) in [5.41, 5.74) is 6.15. The molecule has 1 heterocycles. The fourth-order valence-corrected chi connectivity index (χ4v) is 1.74. The summed E-state index contributed by atoms with van der Waals surface area (Å²) < 4.78 is 27.6. The number of aromatic nitrogens is 1. The van der Waals surface area contributed by atoms with E-state index in [-0.39, 0.29) is 5.56 Å². The number of nitrogens with zero attached hydrogens (tertiary/aromatic N) is 1. The van der Waals surface area contributed by atoms with Gasteiger partial charge in [-0.25, -0.2) is 8.78 Å². The first-order valence-corrected chi connectivity index (χ1v) is 5.47. The highest BCUT2D eigenvalue weighted by Crippen LogP contribution is 2.20. The Morgan fingerprint density at radius 1 is 1.06 bits per heavy atom. The van der Waals surface area contributed by atoms with Crippen LogP contribution in [0.25, 0.3) is 11.1 Å². The first kappa shape index (κ1) is 12.4. The van der Waals surface area contributed by atoms with E-state index in [9.17, 15) is 13.6 Å². The summed E-state index contributed by atoms with van der Waals surface area (Å²) in [5.74, 6) is -1.30. The van der Waals surface area contributed by atoms with Crippen LogP contribution in [0.15, 0.2) is 41.3 Å². The summed E-state index contributed by atoms with van der Waals surface area (Å²) in [6, 6.07) is 6.13. The number of nitrogens with two attached hydrogens (primary N) is 1. The van der Waals surface area contributed by atoms with Gasteiger partial charge in [0, 0.05) is 31.4 Å². The molecule has 0 saturated carbocycles. The maximum atomic E-state index is 13.1. The Morgan fingerprint density at radius 2 is 1.72 bits per heavy atom. The van der Waals surface area contributed by atoms with Crippen LogP contribution in [0.5, 0.6) is 0 Å². The molecule has 18 heavy (non-hydrogen) atoms. The number of rotatable bonds is 3. The predicted molar refractivity (Wildman–Crippen MR) is 65.1 cm³/mol. The maximum Gasteiger partial charge on any atom is 0.250 e. The minimum absolute atomic E-state index is 0.193. The monoisotopic (exact) mass is 250 g/mol. The Labute approximate surface area is 102 Å². The quantitative estimate of drug-likeness (QED) is 0.902. The van der Waals surface area contributed by atoms with Crippen molar-refractivity contribution < 1.29 is 8.78 Å². The summed E-state index contributed by atoms with van der Waals surface area (Å²) >= 11 is 0. The van der Waals surface area contributed by atoms with E-state index in [1.807, 2.05) is 0 Å². The van der Waals surface area contributed by atoms with Crippen molar-refractivity contribution in [3.63, 3.8) is 0 Å². The lowest BCUT2D eigenvalue weighted by Gasteiger charge is -2.07. The van der Waals surface area contributed by atoms with Crippen LogP contribution in [0.4, 0.5) is 8.78 Å². The molecule has 0 atom stereocenters. The molecule has 94 valence electrons. The van der Waals surface area contributed by atoms with Crippen LogP contribution < -0.4 is 11.3 Å². The molecule has 0 unspecified atom stereocenters. The van der Waals surface area contributed by atoms with Gasteiger partial charge in [0.25, 0.3) is 5.56 Å². The highest BCUT2D eigenvalue weighted by Gasteiger charge is 2.05. The Hall–Kier alpha value is -2.01. The molecule has 2 rings (SSSR count). The zero-order valence-electron chi connectivity index (χ0n) is 9.57. The highest BCUT2D eigenvalue weighted by atomic mass is 19.1. The van der Waals surface area contributed by atoms with E-state index in [4.69, 9.17) is 5.73 Å². The number of halogens is 2. The molecular weight excluding hydrogens is 238 g/mol. The third kappa shape index (κ3) is 2.62. The number of hydrogen-bond donors (Lipinski definition) is 1. The van der Waals surface area contributed by atoms with Gasteiger partial charge in [0.05, 0.1) is 0 Å². The number of hydrogen-bond acceptors (Lipinski definition) is 2. The largest absolute Gasteiger partial charge is 0.329 e. The Kier molecular flexibility index (Phi) is 3.53. The summed E-state index contributed by atoms with van der Waals surface area (Å²) in [6.45, 7) is 0.686. The lowest BCUT2D eigenvalue weighted by molar-refractivity contribution is 0.584. The number of pyridine rings is 1. The number of benzene rings is 1. The third-order valence-electron chi connectivity index (χ3n) is 2.55. The summed E-state index contributed by atoms with van der Waals surface area (Å²) in [5, 5.41) is 0. The van der Waals surface area contributed by atoms with Crippen LogP contribution >= 0.6 is 0 Å². The molecule has 0 aliphatic heterocycles. The first-order valence-electron chi connectivity index (χ1n) is 5.47. The smallest absolute Gasteiger partial charge is 0.250 e. The molecule has 0 spiro atoms. The van der Waals surface area contributed by atoms with Gasteiger partial charge in [0.1, 0.15) is 11.6 Å². The molecular formula is C13H12F2N2O. The van der Waals surface area contributed by atoms with Crippen LogP contribution in [-0.2, 0) is 6.54 Å². The Bertz CT molecular complexity index is 602. The van der Waals surface area contributed by atoms with Gasteiger partial charge in [-0.15, -0.1) is 0 Å². The molecule has 5 heteroatoms. The minimum atomic E-state index is -0.651. The topological polar surface area (TPSA) is 48.0 Å². The normalized spacial score (nSPS) is 10.6. The lowest BCUT2D eigenvalue weighted by atomic mass is 10.1. The molecule has 0 aliphatic carbocycles. The van der Waals surface area contributed by atoms with Crippen LogP contribution in [-0.4, -0.2) is 11.1 Å². The van der Waals surface area contributed by atoms with E-state index < -0.39 is 11.6 Å². The van der Waals surface area contributed by atoms with Crippen LogP contribution in [0.1, 0.15) is 0 Å². The van der Waals surface area contributed by atoms with Gasteiger partial charge in [0.15, 0.2) is 0 Å². The fraction of sp³-hybridized carbons (Fsp3) is 0.154. The van der Waals surface area contributed by atoms with Crippen molar-refractivity contribution >= 4 is 0 Å². The molecule has 2 N–H and O–H groups in total. The van der Waals surface area contributed by atoms with Gasteiger partial charge in [-0.3, -0.25) is 4.79 Å². The van der Waals surface area contributed by atoms with Gasteiger partial charge >= 0.3 is 0 Å². The molecule has 2 aromatic rings.